The Bertz CT molecular complexity index is 1630. The van der Waals surface area contributed by atoms with Gasteiger partial charge in [0.25, 0.3) is 0 Å². The molecule has 206 valence electrons. The summed E-state index contributed by atoms with van der Waals surface area (Å²) in [6, 6.07) is 57.9. The van der Waals surface area contributed by atoms with Gasteiger partial charge in [-0.25, -0.2) is 0 Å². The van der Waals surface area contributed by atoms with Crippen molar-refractivity contribution in [2.75, 3.05) is 0 Å². The lowest BCUT2D eigenvalue weighted by atomic mass is 10.1. The van der Waals surface area contributed by atoms with Crippen LogP contribution in [-0.2, 0) is 4.12 Å². The highest BCUT2D eigenvalue weighted by molar-refractivity contribution is 6.84. The fraction of sp³-hybridized carbons (Fsp3) is 0. The standard InChI is InChI=1S/C36H30O4Si2/c1-6-17-30(18-7-1)31-19-16-26-35(29-31)41(37-32-20-8-2-9-21-32)40-42(36-27-14-5-15-28-36,38-33-22-10-3-11-23-33)39-34-24-12-4-13-25-34/h1-29,41H. The first kappa shape index (κ1) is 27.3. The normalized spacial score (nSPS) is 11.8. The summed E-state index contributed by atoms with van der Waals surface area (Å²) in [4.78, 5) is 0. The summed E-state index contributed by atoms with van der Waals surface area (Å²) in [5.74, 6) is 2.05. The van der Waals surface area contributed by atoms with Crippen LogP contribution in [0.1, 0.15) is 0 Å². The van der Waals surface area contributed by atoms with Crippen LogP contribution in [0.5, 0.6) is 17.2 Å². The summed E-state index contributed by atoms with van der Waals surface area (Å²) < 4.78 is 27.7. The molecular weight excluding hydrogens is 553 g/mol. The quantitative estimate of drug-likeness (QED) is 0.156. The molecule has 4 nitrogen and oxygen atoms in total. The monoisotopic (exact) mass is 582 g/mol. The van der Waals surface area contributed by atoms with Crippen molar-refractivity contribution in [3.63, 3.8) is 0 Å². The van der Waals surface area contributed by atoms with Gasteiger partial charge in [0.2, 0.25) is 0 Å². The molecule has 6 rings (SSSR count). The Labute approximate surface area is 249 Å². The lowest BCUT2D eigenvalue weighted by molar-refractivity contribution is 0.264. The van der Waals surface area contributed by atoms with Gasteiger partial charge in [-0.1, -0.05) is 133 Å². The second-order valence-electron chi connectivity index (χ2n) is 9.62. The highest BCUT2D eigenvalue weighted by Crippen LogP contribution is 2.24. The molecule has 1 atom stereocenters. The van der Waals surface area contributed by atoms with Gasteiger partial charge in [0.1, 0.15) is 17.2 Å². The molecule has 0 saturated carbocycles. The zero-order chi connectivity index (χ0) is 28.5. The van der Waals surface area contributed by atoms with E-state index in [1.165, 1.54) is 0 Å². The van der Waals surface area contributed by atoms with Crippen LogP contribution in [-0.4, -0.2) is 18.1 Å². The summed E-state index contributed by atoms with van der Waals surface area (Å²) in [5, 5.41) is 1.81. The number of hydrogen-bond donors (Lipinski definition) is 0. The summed E-state index contributed by atoms with van der Waals surface area (Å²) in [7, 11) is -6.45. The van der Waals surface area contributed by atoms with E-state index in [1.807, 2.05) is 140 Å². The van der Waals surface area contributed by atoms with E-state index >= 15 is 0 Å². The molecule has 0 aliphatic carbocycles. The topological polar surface area (TPSA) is 36.9 Å². The zero-order valence-corrected chi connectivity index (χ0v) is 25.1. The highest BCUT2D eigenvalue weighted by Gasteiger charge is 2.52. The molecule has 6 aromatic rings. The molecule has 0 heterocycles. The fourth-order valence-electron chi connectivity index (χ4n) is 4.60. The van der Waals surface area contributed by atoms with E-state index in [1.54, 1.807) is 0 Å². The molecule has 0 spiro atoms. The number of hydrogen-bond acceptors (Lipinski definition) is 4. The Balaban J connectivity index is 1.49. The maximum Gasteiger partial charge on any atom is 0.661 e. The predicted molar refractivity (Wildman–Crippen MR) is 173 cm³/mol. The molecule has 6 heteroatoms. The van der Waals surface area contributed by atoms with Gasteiger partial charge >= 0.3 is 18.1 Å². The smallest absolute Gasteiger partial charge is 0.520 e. The van der Waals surface area contributed by atoms with E-state index in [2.05, 4.69) is 36.4 Å². The second-order valence-corrected chi connectivity index (χ2v) is 14.2. The first-order chi connectivity index (χ1) is 20.8. The lowest BCUT2D eigenvalue weighted by Gasteiger charge is -2.33. The van der Waals surface area contributed by atoms with Gasteiger partial charge in [-0.05, 0) is 53.6 Å². The van der Waals surface area contributed by atoms with Crippen LogP contribution in [0.3, 0.4) is 0 Å². The van der Waals surface area contributed by atoms with Crippen molar-refractivity contribution >= 4 is 28.5 Å². The summed E-state index contributed by atoms with van der Waals surface area (Å²) >= 11 is 0. The highest BCUT2D eigenvalue weighted by atomic mass is 28.4. The Morgan fingerprint density at radius 3 is 1.40 bits per heavy atom. The van der Waals surface area contributed by atoms with Gasteiger partial charge in [-0.3, -0.25) is 0 Å². The minimum absolute atomic E-state index is 0.662. The number of rotatable bonds is 11. The Kier molecular flexibility index (Phi) is 8.57. The third-order valence-corrected chi connectivity index (χ3v) is 12.2. The minimum Gasteiger partial charge on any atom is -0.520 e. The SMILES string of the molecule is c1ccc(O[SiH](O[Si](Oc2ccccc2)(Oc2ccccc2)c2ccccc2)c2cccc(-c3ccccc3)c2)cc1. The van der Waals surface area contributed by atoms with Crippen molar-refractivity contribution in [3.05, 3.63) is 176 Å². The molecule has 6 aromatic carbocycles. The van der Waals surface area contributed by atoms with Gasteiger partial charge in [0, 0.05) is 10.4 Å². The van der Waals surface area contributed by atoms with Crippen LogP contribution >= 0.6 is 0 Å². The third-order valence-electron chi connectivity index (χ3n) is 6.63. The minimum atomic E-state index is -3.71. The first-order valence-corrected chi connectivity index (χ1v) is 17.1. The molecule has 0 fully saturated rings. The molecule has 0 bridgehead atoms. The van der Waals surface area contributed by atoms with E-state index in [4.69, 9.17) is 17.4 Å². The van der Waals surface area contributed by atoms with Crippen molar-refractivity contribution in [2.24, 2.45) is 0 Å². The molecule has 1 unspecified atom stereocenters. The van der Waals surface area contributed by atoms with Gasteiger partial charge in [0.15, 0.2) is 0 Å². The predicted octanol–water partition coefficient (Wildman–Crippen LogP) is 6.88. The zero-order valence-electron chi connectivity index (χ0n) is 23.0. The first-order valence-electron chi connectivity index (χ1n) is 13.9. The van der Waals surface area contributed by atoms with Crippen LogP contribution in [0.15, 0.2) is 176 Å². The number of para-hydroxylation sites is 3. The Morgan fingerprint density at radius 2 is 0.857 bits per heavy atom. The Morgan fingerprint density at radius 1 is 0.405 bits per heavy atom. The van der Waals surface area contributed by atoms with E-state index in [0.717, 1.165) is 27.2 Å². The molecule has 42 heavy (non-hydrogen) atoms. The van der Waals surface area contributed by atoms with E-state index in [9.17, 15) is 0 Å². The second kappa shape index (κ2) is 13.2. The average molecular weight is 583 g/mol. The van der Waals surface area contributed by atoms with Crippen LogP contribution in [0.2, 0.25) is 0 Å². The Hall–Kier alpha value is -4.89. The van der Waals surface area contributed by atoms with Crippen molar-refractivity contribution in [3.8, 4) is 28.4 Å². The lowest BCUT2D eigenvalue weighted by Crippen LogP contribution is -2.66. The van der Waals surface area contributed by atoms with Crippen LogP contribution in [0.4, 0.5) is 0 Å². The van der Waals surface area contributed by atoms with Gasteiger partial charge in [-0.15, -0.1) is 0 Å². The van der Waals surface area contributed by atoms with Gasteiger partial charge < -0.3 is 17.4 Å². The number of benzene rings is 6. The fourth-order valence-corrected chi connectivity index (χ4v) is 10.3. The average Bonchev–Trinajstić information content (AvgIpc) is 3.07. The molecule has 0 radical (unpaired) electrons. The molecule has 0 aliphatic heterocycles. The molecule has 0 N–H and O–H groups in total. The summed E-state index contributed by atoms with van der Waals surface area (Å²) in [6.07, 6.45) is 0. The van der Waals surface area contributed by atoms with Crippen molar-refractivity contribution in [1.29, 1.82) is 0 Å². The molecule has 0 aliphatic rings. The van der Waals surface area contributed by atoms with Crippen LogP contribution in [0, 0.1) is 0 Å². The third kappa shape index (κ3) is 6.70. The molecular formula is C36H30O4Si2. The van der Waals surface area contributed by atoms with Gasteiger partial charge in [0.05, 0.1) is 0 Å². The summed E-state index contributed by atoms with van der Waals surface area (Å²) in [5.41, 5.74) is 2.21. The van der Waals surface area contributed by atoms with Crippen LogP contribution < -0.4 is 23.7 Å². The largest absolute Gasteiger partial charge is 0.661 e. The van der Waals surface area contributed by atoms with Crippen molar-refractivity contribution in [2.45, 2.75) is 0 Å². The van der Waals surface area contributed by atoms with E-state index in [-0.39, 0.29) is 0 Å². The maximum absolute atomic E-state index is 7.22. The molecule has 0 saturated heterocycles. The maximum atomic E-state index is 7.22. The molecule has 0 aromatic heterocycles. The summed E-state index contributed by atoms with van der Waals surface area (Å²) in [6.45, 7) is 0. The van der Waals surface area contributed by atoms with Crippen LogP contribution in [0.25, 0.3) is 11.1 Å². The van der Waals surface area contributed by atoms with Gasteiger partial charge in [-0.2, -0.15) is 0 Å². The van der Waals surface area contributed by atoms with E-state index in [0.29, 0.717) is 11.5 Å². The van der Waals surface area contributed by atoms with Crippen molar-refractivity contribution in [1.82, 2.24) is 0 Å². The van der Waals surface area contributed by atoms with Crippen molar-refractivity contribution < 1.29 is 17.4 Å². The molecule has 0 amide bonds. The van der Waals surface area contributed by atoms with E-state index < -0.39 is 18.1 Å².